The number of methoxy groups -OCH3 is 1. The van der Waals surface area contributed by atoms with Crippen LogP contribution in [0.4, 0.5) is 0 Å². The lowest BCUT2D eigenvalue weighted by molar-refractivity contribution is 0.285. The molecule has 0 radical (unpaired) electrons. The highest BCUT2D eigenvalue weighted by molar-refractivity contribution is 7.98. The van der Waals surface area contributed by atoms with Gasteiger partial charge in [0.15, 0.2) is 6.61 Å². The lowest BCUT2D eigenvalue weighted by Crippen LogP contribution is -1.98. The molecule has 0 spiro atoms. The molecule has 0 bridgehead atoms. The van der Waals surface area contributed by atoms with E-state index in [2.05, 4.69) is 25.7 Å². The van der Waals surface area contributed by atoms with E-state index in [9.17, 15) is 0 Å². The van der Waals surface area contributed by atoms with Crippen molar-refractivity contribution in [2.24, 2.45) is 7.05 Å². The second kappa shape index (κ2) is 7.09. The van der Waals surface area contributed by atoms with Crippen LogP contribution in [0, 0.1) is 0 Å². The van der Waals surface area contributed by atoms with E-state index >= 15 is 0 Å². The molecule has 1 aromatic carbocycles. The van der Waals surface area contributed by atoms with Gasteiger partial charge in [-0.25, -0.2) is 4.68 Å². The maximum Gasteiger partial charge on any atom is 0.237 e. The summed E-state index contributed by atoms with van der Waals surface area (Å²) in [7, 11) is 3.38. The Morgan fingerprint density at radius 1 is 1.22 bits per heavy atom. The van der Waals surface area contributed by atoms with Crippen LogP contribution in [-0.4, -0.2) is 37.5 Å². The van der Waals surface area contributed by atoms with Crippen LogP contribution in [0.3, 0.4) is 0 Å². The fourth-order valence-electron chi connectivity index (χ4n) is 1.70. The number of thioether (sulfide) groups is 1. The molecule has 2 heterocycles. The Labute approximate surface area is 136 Å². The van der Waals surface area contributed by atoms with Crippen LogP contribution < -0.4 is 9.47 Å². The van der Waals surface area contributed by atoms with Gasteiger partial charge < -0.3 is 14.0 Å². The summed E-state index contributed by atoms with van der Waals surface area (Å²) in [6.07, 6.45) is 0. The Hall–Kier alpha value is -2.62. The molecule has 0 unspecified atom stereocenters. The molecule has 0 fully saturated rings. The van der Waals surface area contributed by atoms with Crippen molar-refractivity contribution in [3.05, 3.63) is 36.0 Å². The third kappa shape index (κ3) is 3.97. The lowest BCUT2D eigenvalue weighted by atomic mass is 10.3. The molecule has 120 valence electrons. The Bertz CT molecular complexity index is 757. The van der Waals surface area contributed by atoms with Gasteiger partial charge in [0, 0.05) is 7.05 Å². The summed E-state index contributed by atoms with van der Waals surface area (Å²) in [5.74, 6) is 2.94. The van der Waals surface area contributed by atoms with Crippen LogP contribution in [-0.2, 0) is 19.4 Å². The summed E-state index contributed by atoms with van der Waals surface area (Å²) < 4.78 is 17.4. The second-order valence-electron chi connectivity index (χ2n) is 4.44. The molecule has 0 aliphatic rings. The predicted molar refractivity (Wildman–Crippen MR) is 80.0 cm³/mol. The molecule has 9 nitrogen and oxygen atoms in total. The Balaban J connectivity index is 1.51. The molecule has 10 heteroatoms. The lowest BCUT2D eigenvalue weighted by Gasteiger charge is -2.04. The average molecular weight is 334 g/mol. The maximum atomic E-state index is 5.59. The van der Waals surface area contributed by atoms with Gasteiger partial charge in [0.2, 0.25) is 16.9 Å². The first-order valence-corrected chi connectivity index (χ1v) is 7.66. The molecule has 0 N–H and O–H groups in total. The van der Waals surface area contributed by atoms with E-state index in [1.807, 2.05) is 24.3 Å². The number of aromatic nitrogens is 6. The molecule has 23 heavy (non-hydrogen) atoms. The molecule has 0 aliphatic carbocycles. The molecule has 0 saturated carbocycles. The molecule has 3 rings (SSSR count). The largest absolute Gasteiger partial charge is 0.497 e. The van der Waals surface area contributed by atoms with E-state index < -0.39 is 0 Å². The van der Waals surface area contributed by atoms with Gasteiger partial charge in [-0.15, -0.1) is 5.10 Å². The van der Waals surface area contributed by atoms with Crippen LogP contribution >= 0.6 is 11.8 Å². The summed E-state index contributed by atoms with van der Waals surface area (Å²) in [5, 5.41) is 15.7. The van der Waals surface area contributed by atoms with E-state index in [0.717, 1.165) is 5.75 Å². The van der Waals surface area contributed by atoms with Crippen LogP contribution in [0.25, 0.3) is 0 Å². The van der Waals surface area contributed by atoms with Gasteiger partial charge >= 0.3 is 0 Å². The van der Waals surface area contributed by atoms with Crippen molar-refractivity contribution in [2.75, 3.05) is 7.11 Å². The number of hydrogen-bond donors (Lipinski definition) is 0. The highest BCUT2D eigenvalue weighted by atomic mass is 32.2. The highest BCUT2D eigenvalue weighted by Gasteiger charge is 2.10. The van der Waals surface area contributed by atoms with E-state index in [4.69, 9.17) is 14.0 Å². The average Bonchev–Trinajstić information content (AvgIpc) is 3.20. The normalized spacial score (nSPS) is 10.7. The fraction of sp³-hybridized carbons (Fsp3) is 0.308. The third-order valence-electron chi connectivity index (χ3n) is 2.84. The Kier molecular flexibility index (Phi) is 4.71. The van der Waals surface area contributed by atoms with Crippen molar-refractivity contribution in [3.63, 3.8) is 0 Å². The number of hydrogen-bond acceptors (Lipinski definition) is 9. The Morgan fingerprint density at radius 3 is 2.70 bits per heavy atom. The first kappa shape index (κ1) is 15.3. The van der Waals surface area contributed by atoms with Gasteiger partial charge in [0.05, 0.1) is 12.9 Å². The van der Waals surface area contributed by atoms with Crippen LogP contribution in [0.2, 0.25) is 0 Å². The third-order valence-corrected chi connectivity index (χ3v) is 3.84. The molecule has 0 saturated heterocycles. The summed E-state index contributed by atoms with van der Waals surface area (Å²) in [5.41, 5.74) is 0. The first-order valence-electron chi connectivity index (χ1n) is 6.68. The van der Waals surface area contributed by atoms with E-state index in [-0.39, 0.29) is 6.61 Å². The van der Waals surface area contributed by atoms with Crippen molar-refractivity contribution in [1.82, 2.24) is 30.3 Å². The minimum atomic E-state index is 0.228. The minimum Gasteiger partial charge on any atom is -0.497 e. The van der Waals surface area contributed by atoms with Crippen molar-refractivity contribution in [3.8, 4) is 11.5 Å². The zero-order valence-corrected chi connectivity index (χ0v) is 13.4. The zero-order chi connectivity index (χ0) is 16.1. The van der Waals surface area contributed by atoms with E-state index in [0.29, 0.717) is 28.4 Å². The SMILES string of the molecule is COc1ccc(OCc2noc(CSc3nnnn3C)n2)cc1. The van der Waals surface area contributed by atoms with Gasteiger partial charge in [-0.05, 0) is 34.7 Å². The van der Waals surface area contributed by atoms with Crippen LogP contribution in [0.5, 0.6) is 11.5 Å². The molecule has 0 atom stereocenters. The topological polar surface area (TPSA) is 101 Å². The summed E-state index contributed by atoms with van der Waals surface area (Å²) in [6, 6.07) is 7.28. The fourth-order valence-corrected chi connectivity index (χ4v) is 2.38. The van der Waals surface area contributed by atoms with Crippen molar-refractivity contribution in [1.29, 1.82) is 0 Å². The Morgan fingerprint density at radius 2 is 2.00 bits per heavy atom. The molecular formula is C13H14N6O3S. The number of benzene rings is 1. The van der Waals surface area contributed by atoms with E-state index in [1.54, 1.807) is 18.8 Å². The summed E-state index contributed by atoms with van der Waals surface area (Å²) >= 11 is 1.41. The molecular weight excluding hydrogens is 320 g/mol. The monoisotopic (exact) mass is 334 g/mol. The standard InChI is InChI=1S/C13H14N6O3S/c1-19-13(15-17-18-19)23-8-12-14-11(16-22-12)7-21-10-5-3-9(20-2)4-6-10/h3-6H,7-8H2,1-2H3. The molecule has 3 aromatic rings. The van der Waals surface area contributed by atoms with Gasteiger partial charge in [-0.2, -0.15) is 4.98 Å². The predicted octanol–water partition coefficient (Wildman–Crippen LogP) is 1.47. The number of nitrogens with zero attached hydrogens (tertiary/aromatic N) is 6. The molecule has 0 aliphatic heterocycles. The van der Waals surface area contributed by atoms with Crippen molar-refractivity contribution in [2.45, 2.75) is 17.5 Å². The maximum absolute atomic E-state index is 5.59. The van der Waals surface area contributed by atoms with Crippen LogP contribution in [0.15, 0.2) is 33.9 Å². The minimum absolute atomic E-state index is 0.228. The summed E-state index contributed by atoms with van der Waals surface area (Å²) in [6.45, 7) is 0.228. The number of ether oxygens (including phenoxy) is 2. The number of tetrazole rings is 1. The van der Waals surface area contributed by atoms with E-state index in [1.165, 1.54) is 11.8 Å². The van der Waals surface area contributed by atoms with Gasteiger partial charge in [0.1, 0.15) is 11.5 Å². The highest BCUT2D eigenvalue weighted by Crippen LogP contribution is 2.19. The molecule has 2 aromatic heterocycles. The van der Waals surface area contributed by atoms with Crippen molar-refractivity contribution >= 4 is 11.8 Å². The summed E-state index contributed by atoms with van der Waals surface area (Å²) in [4.78, 5) is 4.26. The van der Waals surface area contributed by atoms with Crippen LogP contribution in [0.1, 0.15) is 11.7 Å². The second-order valence-corrected chi connectivity index (χ2v) is 5.38. The smallest absolute Gasteiger partial charge is 0.237 e. The van der Waals surface area contributed by atoms with Gasteiger partial charge in [-0.3, -0.25) is 0 Å². The van der Waals surface area contributed by atoms with Gasteiger partial charge in [-0.1, -0.05) is 16.9 Å². The first-order chi connectivity index (χ1) is 11.2. The zero-order valence-electron chi connectivity index (χ0n) is 12.5. The number of aryl methyl sites for hydroxylation is 1. The quantitative estimate of drug-likeness (QED) is 0.594. The van der Waals surface area contributed by atoms with Crippen molar-refractivity contribution < 1.29 is 14.0 Å². The molecule has 0 amide bonds. The van der Waals surface area contributed by atoms with Gasteiger partial charge in [0.25, 0.3) is 0 Å². The number of rotatable bonds is 7.